The second-order valence-corrected chi connectivity index (χ2v) is 6.38. The molecule has 0 spiro atoms. The highest BCUT2D eigenvalue weighted by molar-refractivity contribution is 6.19. The van der Waals surface area contributed by atoms with Gasteiger partial charge in [-0.05, 0) is 59.7 Å². The molecule has 3 aromatic carbocycles. The summed E-state index contributed by atoms with van der Waals surface area (Å²) in [6.45, 7) is 0. The third-order valence-corrected chi connectivity index (χ3v) is 5.10. The van der Waals surface area contributed by atoms with Gasteiger partial charge in [0.15, 0.2) is 0 Å². The SMILES string of the molecule is O=c1oc2ccc3c(c2c2c1ccc1ccccc12)CCCC3. The minimum atomic E-state index is -0.242. The lowest BCUT2D eigenvalue weighted by atomic mass is 9.87. The number of fused-ring (bicyclic) bond motifs is 7. The topological polar surface area (TPSA) is 30.2 Å². The summed E-state index contributed by atoms with van der Waals surface area (Å²) >= 11 is 0. The summed E-state index contributed by atoms with van der Waals surface area (Å²) in [7, 11) is 0. The van der Waals surface area contributed by atoms with Crippen LogP contribution in [0.15, 0.2) is 57.7 Å². The van der Waals surface area contributed by atoms with Crippen LogP contribution in [0.5, 0.6) is 0 Å². The van der Waals surface area contributed by atoms with Crippen molar-refractivity contribution in [1.82, 2.24) is 0 Å². The van der Waals surface area contributed by atoms with Crippen LogP contribution in [0.25, 0.3) is 32.5 Å². The molecule has 0 atom stereocenters. The van der Waals surface area contributed by atoms with Crippen molar-refractivity contribution in [3.8, 4) is 0 Å². The summed E-state index contributed by atoms with van der Waals surface area (Å²) < 4.78 is 5.63. The van der Waals surface area contributed by atoms with Gasteiger partial charge in [0, 0.05) is 10.8 Å². The second-order valence-electron chi connectivity index (χ2n) is 6.38. The normalized spacial score (nSPS) is 14.4. The largest absolute Gasteiger partial charge is 0.422 e. The number of rotatable bonds is 0. The van der Waals surface area contributed by atoms with E-state index in [2.05, 4.69) is 18.2 Å². The van der Waals surface area contributed by atoms with Gasteiger partial charge in [-0.3, -0.25) is 0 Å². The van der Waals surface area contributed by atoms with Crippen LogP contribution >= 0.6 is 0 Å². The van der Waals surface area contributed by atoms with Crippen LogP contribution < -0.4 is 5.63 Å². The molecule has 0 N–H and O–H groups in total. The lowest BCUT2D eigenvalue weighted by molar-refractivity contribution is 0.568. The molecule has 2 heteroatoms. The van der Waals surface area contributed by atoms with Crippen LogP contribution in [-0.2, 0) is 12.8 Å². The van der Waals surface area contributed by atoms with Crippen LogP contribution in [-0.4, -0.2) is 0 Å². The molecule has 1 aliphatic carbocycles. The molecule has 112 valence electrons. The van der Waals surface area contributed by atoms with E-state index in [9.17, 15) is 4.79 Å². The lowest BCUT2D eigenvalue weighted by Crippen LogP contribution is -2.06. The minimum absolute atomic E-state index is 0.242. The molecular weight excluding hydrogens is 284 g/mol. The summed E-state index contributed by atoms with van der Waals surface area (Å²) in [5, 5.41) is 5.21. The van der Waals surface area contributed by atoms with Crippen molar-refractivity contribution in [2.24, 2.45) is 0 Å². The Balaban J connectivity index is 2.13. The average Bonchev–Trinajstić information content (AvgIpc) is 2.61. The van der Waals surface area contributed by atoms with Gasteiger partial charge in [0.1, 0.15) is 5.58 Å². The van der Waals surface area contributed by atoms with Crippen molar-refractivity contribution < 1.29 is 4.42 Å². The summed E-state index contributed by atoms with van der Waals surface area (Å²) in [5.74, 6) is 0. The summed E-state index contributed by atoms with van der Waals surface area (Å²) in [4.78, 5) is 12.4. The molecule has 1 aromatic heterocycles. The zero-order valence-corrected chi connectivity index (χ0v) is 12.8. The molecule has 4 aromatic rings. The van der Waals surface area contributed by atoms with Crippen LogP contribution in [0.1, 0.15) is 24.0 Å². The van der Waals surface area contributed by atoms with Crippen molar-refractivity contribution in [3.05, 3.63) is 70.1 Å². The van der Waals surface area contributed by atoms with Crippen molar-refractivity contribution in [2.45, 2.75) is 25.7 Å². The Morgan fingerprint density at radius 3 is 2.61 bits per heavy atom. The molecule has 1 aliphatic rings. The molecule has 0 bridgehead atoms. The molecule has 0 saturated carbocycles. The minimum Gasteiger partial charge on any atom is -0.422 e. The monoisotopic (exact) mass is 300 g/mol. The first-order valence-electron chi connectivity index (χ1n) is 8.22. The maximum atomic E-state index is 12.4. The summed E-state index contributed by atoms with van der Waals surface area (Å²) in [5.41, 5.74) is 3.26. The van der Waals surface area contributed by atoms with E-state index in [0.717, 1.165) is 34.6 Å². The third kappa shape index (κ3) is 1.78. The Bertz CT molecular complexity index is 1140. The zero-order valence-electron chi connectivity index (χ0n) is 12.8. The first-order chi connectivity index (χ1) is 11.3. The van der Waals surface area contributed by atoms with Crippen LogP contribution in [0.3, 0.4) is 0 Å². The van der Waals surface area contributed by atoms with Crippen LogP contribution in [0, 0.1) is 0 Å². The lowest BCUT2D eigenvalue weighted by Gasteiger charge is -2.19. The smallest absolute Gasteiger partial charge is 0.344 e. The van der Waals surface area contributed by atoms with Gasteiger partial charge in [-0.1, -0.05) is 36.4 Å². The van der Waals surface area contributed by atoms with E-state index in [4.69, 9.17) is 4.42 Å². The van der Waals surface area contributed by atoms with Gasteiger partial charge in [0.25, 0.3) is 0 Å². The average molecular weight is 300 g/mol. The van der Waals surface area contributed by atoms with Crippen molar-refractivity contribution >= 4 is 32.5 Å². The molecule has 0 amide bonds. The van der Waals surface area contributed by atoms with Gasteiger partial charge < -0.3 is 4.42 Å². The predicted molar refractivity (Wildman–Crippen MR) is 94.1 cm³/mol. The van der Waals surface area contributed by atoms with Crippen molar-refractivity contribution in [3.63, 3.8) is 0 Å². The number of hydrogen-bond acceptors (Lipinski definition) is 2. The number of benzene rings is 3. The Morgan fingerprint density at radius 1 is 0.783 bits per heavy atom. The number of aryl methyl sites for hydroxylation is 2. The predicted octanol–water partition coefficient (Wildman–Crippen LogP) is 4.98. The van der Waals surface area contributed by atoms with Gasteiger partial charge in [-0.15, -0.1) is 0 Å². The van der Waals surface area contributed by atoms with E-state index >= 15 is 0 Å². The molecule has 0 radical (unpaired) electrons. The van der Waals surface area contributed by atoms with E-state index in [1.165, 1.54) is 29.4 Å². The van der Waals surface area contributed by atoms with Crippen molar-refractivity contribution in [1.29, 1.82) is 0 Å². The molecule has 0 saturated heterocycles. The fourth-order valence-corrected chi connectivity index (χ4v) is 4.03. The highest BCUT2D eigenvalue weighted by Gasteiger charge is 2.18. The van der Waals surface area contributed by atoms with E-state index < -0.39 is 0 Å². The molecular formula is C21H16O2. The molecule has 0 fully saturated rings. The van der Waals surface area contributed by atoms with Crippen LogP contribution in [0.2, 0.25) is 0 Å². The second kappa shape index (κ2) is 4.69. The zero-order chi connectivity index (χ0) is 15.4. The molecule has 0 aliphatic heterocycles. The Morgan fingerprint density at radius 2 is 1.65 bits per heavy atom. The maximum Gasteiger partial charge on any atom is 0.344 e. The Hall–Kier alpha value is -2.61. The van der Waals surface area contributed by atoms with Crippen molar-refractivity contribution in [2.75, 3.05) is 0 Å². The summed E-state index contributed by atoms with van der Waals surface area (Å²) in [6, 6.07) is 16.3. The number of hydrogen-bond donors (Lipinski definition) is 0. The maximum absolute atomic E-state index is 12.4. The quantitative estimate of drug-likeness (QED) is 0.339. The first-order valence-corrected chi connectivity index (χ1v) is 8.22. The van der Waals surface area contributed by atoms with Gasteiger partial charge >= 0.3 is 5.63 Å². The standard InChI is InChI=1S/C21H16O2/c22-21-17-11-9-13-5-1-3-7-15(13)19(17)20-16-8-4-2-6-14(16)10-12-18(20)23-21/h1,3,5,7,9-12H,2,4,6,8H2. The fourth-order valence-electron chi connectivity index (χ4n) is 4.03. The van der Waals surface area contributed by atoms with Gasteiger partial charge in [0.2, 0.25) is 0 Å². The highest BCUT2D eigenvalue weighted by atomic mass is 16.4. The highest BCUT2D eigenvalue weighted by Crippen LogP contribution is 2.36. The summed E-state index contributed by atoms with van der Waals surface area (Å²) in [6.07, 6.45) is 4.64. The van der Waals surface area contributed by atoms with E-state index in [1.807, 2.05) is 30.3 Å². The van der Waals surface area contributed by atoms with Gasteiger partial charge in [-0.2, -0.15) is 0 Å². The molecule has 5 rings (SSSR count). The fraction of sp³-hybridized carbons (Fsp3) is 0.190. The third-order valence-electron chi connectivity index (χ3n) is 5.10. The van der Waals surface area contributed by atoms with Crippen LogP contribution in [0.4, 0.5) is 0 Å². The molecule has 23 heavy (non-hydrogen) atoms. The van der Waals surface area contributed by atoms with Gasteiger partial charge in [0.05, 0.1) is 5.39 Å². The Labute approximate surface area is 133 Å². The molecule has 2 nitrogen and oxygen atoms in total. The molecule has 1 heterocycles. The van der Waals surface area contributed by atoms with E-state index in [-0.39, 0.29) is 5.63 Å². The Kier molecular flexibility index (Phi) is 2.63. The van der Waals surface area contributed by atoms with E-state index in [0.29, 0.717) is 5.39 Å². The first kappa shape index (κ1) is 12.9. The van der Waals surface area contributed by atoms with E-state index in [1.54, 1.807) is 0 Å². The molecule has 0 unspecified atom stereocenters. The van der Waals surface area contributed by atoms with Gasteiger partial charge in [-0.25, -0.2) is 4.79 Å².